The van der Waals surface area contributed by atoms with E-state index in [4.69, 9.17) is 11.6 Å². The fourth-order valence-electron chi connectivity index (χ4n) is 1.44. The Morgan fingerprint density at radius 3 is 2.71 bits per heavy atom. The zero-order valence-corrected chi connectivity index (χ0v) is 8.25. The van der Waals surface area contributed by atoms with Gasteiger partial charge in [0.05, 0.1) is 5.52 Å². The van der Waals surface area contributed by atoms with Gasteiger partial charge in [-0.3, -0.25) is 4.79 Å². The van der Waals surface area contributed by atoms with Crippen LogP contribution in [-0.4, -0.2) is 9.67 Å². The number of pyridine rings is 1. The number of hydrogen-bond acceptors (Lipinski definition) is 2. The van der Waals surface area contributed by atoms with Gasteiger partial charge in [-0.25, -0.2) is 0 Å². The number of fused-ring (bicyclic) bond motifs is 1. The lowest BCUT2D eigenvalue weighted by atomic mass is 10.2. The lowest BCUT2D eigenvalue weighted by Gasteiger charge is -2.07. The fourth-order valence-corrected chi connectivity index (χ4v) is 1.67. The van der Waals surface area contributed by atoms with Gasteiger partial charge in [0.2, 0.25) is 0 Å². The molecule has 0 spiro atoms. The van der Waals surface area contributed by atoms with Crippen molar-refractivity contribution in [2.24, 2.45) is 7.05 Å². The number of benzene rings is 1. The van der Waals surface area contributed by atoms with Crippen LogP contribution in [0.3, 0.4) is 0 Å². The van der Waals surface area contributed by atoms with Gasteiger partial charge in [-0.1, -0.05) is 23.7 Å². The Hall–Kier alpha value is -1.48. The summed E-state index contributed by atoms with van der Waals surface area (Å²) in [5.41, 5.74) is 0.280. The first-order valence-electron chi connectivity index (χ1n) is 4.09. The number of hydrogen-bond donors (Lipinski definition) is 1. The highest BCUT2D eigenvalue weighted by atomic mass is 35.5. The quantitative estimate of drug-likeness (QED) is 0.720. The molecule has 0 unspecified atom stereocenters. The van der Waals surface area contributed by atoms with Crippen LogP contribution < -0.4 is 5.56 Å². The molecule has 1 N–H and O–H groups in total. The topological polar surface area (TPSA) is 42.2 Å². The molecule has 3 nitrogen and oxygen atoms in total. The molecule has 2 aromatic rings. The highest BCUT2D eigenvalue weighted by Gasteiger charge is 2.11. The van der Waals surface area contributed by atoms with Crippen molar-refractivity contribution in [1.29, 1.82) is 0 Å². The molecule has 72 valence electrons. The number of rotatable bonds is 0. The first-order chi connectivity index (χ1) is 6.63. The van der Waals surface area contributed by atoms with E-state index in [9.17, 15) is 9.90 Å². The Morgan fingerprint density at radius 1 is 1.36 bits per heavy atom. The first kappa shape index (κ1) is 9.09. The smallest absolute Gasteiger partial charge is 0.273 e. The molecule has 2 rings (SSSR count). The van der Waals surface area contributed by atoms with E-state index < -0.39 is 0 Å². The van der Waals surface area contributed by atoms with Crippen LogP contribution in [0.5, 0.6) is 5.75 Å². The van der Waals surface area contributed by atoms with Gasteiger partial charge < -0.3 is 9.67 Å². The summed E-state index contributed by atoms with van der Waals surface area (Å²) in [6, 6.07) is 7.06. The van der Waals surface area contributed by atoms with E-state index in [1.54, 1.807) is 31.3 Å². The summed E-state index contributed by atoms with van der Waals surface area (Å²) in [6.45, 7) is 0. The van der Waals surface area contributed by atoms with Crippen LogP contribution >= 0.6 is 11.6 Å². The monoisotopic (exact) mass is 209 g/mol. The molecule has 0 radical (unpaired) electrons. The zero-order chi connectivity index (χ0) is 10.3. The van der Waals surface area contributed by atoms with Crippen molar-refractivity contribution in [1.82, 2.24) is 4.57 Å². The minimum Gasteiger partial charge on any atom is -0.505 e. The maximum absolute atomic E-state index is 11.5. The normalized spacial score (nSPS) is 10.7. The van der Waals surface area contributed by atoms with E-state index in [1.807, 2.05) is 0 Å². The van der Waals surface area contributed by atoms with Gasteiger partial charge in [-0.05, 0) is 12.1 Å². The molecule has 0 saturated heterocycles. The largest absolute Gasteiger partial charge is 0.505 e. The second kappa shape index (κ2) is 3.03. The highest BCUT2D eigenvalue weighted by molar-refractivity contribution is 6.32. The van der Waals surface area contributed by atoms with E-state index in [1.165, 1.54) is 4.57 Å². The Bertz CT molecular complexity index is 560. The summed E-state index contributed by atoms with van der Waals surface area (Å²) in [4.78, 5) is 11.5. The first-order valence-corrected chi connectivity index (χ1v) is 4.47. The van der Waals surface area contributed by atoms with Crippen LogP contribution in [0.15, 0.2) is 29.1 Å². The fraction of sp³-hybridized carbons (Fsp3) is 0.100. The standard InChI is InChI=1S/C10H8ClNO2/c1-12-7-5-3-2-4-6(7)9(13)8(11)10(12)14/h2-5,13H,1H3. The number of aromatic hydroxyl groups is 1. The molecule has 0 saturated carbocycles. The van der Waals surface area contributed by atoms with E-state index in [0.29, 0.717) is 10.9 Å². The SMILES string of the molecule is Cn1c(=O)c(Cl)c(O)c2ccccc21. The molecule has 14 heavy (non-hydrogen) atoms. The Kier molecular flexibility index (Phi) is 1.97. The number of nitrogens with zero attached hydrogens (tertiary/aromatic N) is 1. The van der Waals surface area contributed by atoms with Gasteiger partial charge >= 0.3 is 0 Å². The third-order valence-corrected chi connectivity index (χ3v) is 2.56. The minimum absolute atomic E-state index is 0.133. The molecule has 0 atom stereocenters. The van der Waals surface area contributed by atoms with E-state index in [0.717, 1.165) is 0 Å². The summed E-state index contributed by atoms with van der Waals surface area (Å²) < 4.78 is 1.41. The van der Waals surface area contributed by atoms with Crippen LogP contribution in [-0.2, 0) is 7.05 Å². The predicted octanol–water partition coefficient (Wildman–Crippen LogP) is 1.90. The van der Waals surface area contributed by atoms with Gasteiger partial charge in [-0.15, -0.1) is 0 Å². The van der Waals surface area contributed by atoms with Crippen molar-refractivity contribution in [3.05, 3.63) is 39.6 Å². The lowest BCUT2D eigenvalue weighted by molar-refractivity contribution is 0.480. The molecule has 0 aliphatic carbocycles. The predicted molar refractivity (Wildman–Crippen MR) is 55.9 cm³/mol. The van der Waals surface area contributed by atoms with Crippen molar-refractivity contribution in [3.8, 4) is 5.75 Å². The lowest BCUT2D eigenvalue weighted by Crippen LogP contribution is -2.17. The Morgan fingerprint density at radius 2 is 2.00 bits per heavy atom. The van der Waals surface area contributed by atoms with Gasteiger partial charge in [0.1, 0.15) is 10.8 Å². The van der Waals surface area contributed by atoms with Crippen LogP contribution in [0.2, 0.25) is 5.02 Å². The number of para-hydroxylation sites is 1. The molecule has 0 amide bonds. The highest BCUT2D eigenvalue weighted by Crippen LogP contribution is 2.28. The summed E-state index contributed by atoms with van der Waals surface area (Å²) in [5, 5.41) is 10.1. The molecule has 0 fully saturated rings. The summed E-state index contributed by atoms with van der Waals surface area (Å²) in [5.74, 6) is -0.148. The van der Waals surface area contributed by atoms with Gasteiger partial charge in [0.15, 0.2) is 0 Å². The van der Waals surface area contributed by atoms with Crippen LogP contribution in [0.4, 0.5) is 0 Å². The second-order valence-electron chi connectivity index (χ2n) is 3.04. The molecule has 1 heterocycles. The molecule has 1 aromatic heterocycles. The van der Waals surface area contributed by atoms with Crippen molar-refractivity contribution < 1.29 is 5.11 Å². The number of aryl methyl sites for hydroxylation is 1. The maximum Gasteiger partial charge on any atom is 0.273 e. The maximum atomic E-state index is 11.5. The van der Waals surface area contributed by atoms with Gasteiger partial charge in [0, 0.05) is 12.4 Å². The van der Waals surface area contributed by atoms with Gasteiger partial charge in [-0.2, -0.15) is 0 Å². The molecule has 0 aliphatic rings. The van der Waals surface area contributed by atoms with E-state index in [2.05, 4.69) is 0 Å². The van der Waals surface area contributed by atoms with E-state index >= 15 is 0 Å². The average molecular weight is 210 g/mol. The van der Waals surface area contributed by atoms with Gasteiger partial charge in [0.25, 0.3) is 5.56 Å². The molecule has 0 bridgehead atoms. The number of aromatic nitrogens is 1. The second-order valence-corrected chi connectivity index (χ2v) is 3.42. The Balaban J connectivity index is 3.10. The Labute approximate surface area is 85.2 Å². The van der Waals surface area contributed by atoms with E-state index in [-0.39, 0.29) is 16.3 Å². The minimum atomic E-state index is -0.386. The van der Waals surface area contributed by atoms with Crippen LogP contribution in [0.1, 0.15) is 0 Å². The molecule has 0 aliphatic heterocycles. The third kappa shape index (κ3) is 1.09. The summed E-state index contributed by atoms with van der Waals surface area (Å²) >= 11 is 5.68. The van der Waals surface area contributed by atoms with Crippen LogP contribution in [0, 0.1) is 0 Å². The van der Waals surface area contributed by atoms with Crippen LogP contribution in [0.25, 0.3) is 10.9 Å². The summed E-state index contributed by atoms with van der Waals surface area (Å²) in [6.07, 6.45) is 0. The van der Waals surface area contributed by atoms with Crippen molar-refractivity contribution in [3.63, 3.8) is 0 Å². The third-order valence-electron chi connectivity index (χ3n) is 2.22. The number of halogens is 1. The van der Waals surface area contributed by atoms with Crippen molar-refractivity contribution >= 4 is 22.5 Å². The van der Waals surface area contributed by atoms with Crippen molar-refractivity contribution in [2.75, 3.05) is 0 Å². The average Bonchev–Trinajstić information content (AvgIpc) is 2.23. The molecule has 1 aromatic carbocycles. The molecular weight excluding hydrogens is 202 g/mol. The molecule has 4 heteroatoms. The van der Waals surface area contributed by atoms with Crippen molar-refractivity contribution in [2.45, 2.75) is 0 Å². The summed E-state index contributed by atoms with van der Waals surface area (Å²) in [7, 11) is 1.62. The zero-order valence-electron chi connectivity index (χ0n) is 7.49. The molecular formula is C10H8ClNO2.